The van der Waals surface area contributed by atoms with Crippen LogP contribution in [-0.4, -0.2) is 46.0 Å². The van der Waals surface area contributed by atoms with Crippen molar-refractivity contribution in [3.05, 3.63) is 28.2 Å². The number of carbonyl (C=O) groups excluding carboxylic acids is 1. The molecule has 0 saturated carbocycles. The van der Waals surface area contributed by atoms with Crippen LogP contribution in [0.2, 0.25) is 0 Å². The molecule has 0 aromatic heterocycles. The Balaban J connectivity index is 2.76. The molecule has 1 rings (SSSR count). The second-order valence-corrected chi connectivity index (χ2v) is 5.47. The number of hydrogen-bond donors (Lipinski definition) is 1. The van der Waals surface area contributed by atoms with Crippen molar-refractivity contribution in [2.45, 2.75) is 12.5 Å². The molecule has 1 unspecified atom stereocenters. The van der Waals surface area contributed by atoms with Gasteiger partial charge in [0.05, 0.1) is 19.3 Å². The third kappa shape index (κ3) is 4.47. The molecule has 0 radical (unpaired) electrons. The Morgan fingerprint density at radius 3 is 2.60 bits per heavy atom. The highest BCUT2D eigenvalue weighted by atomic mass is 79.9. The van der Waals surface area contributed by atoms with Crippen LogP contribution in [0.4, 0.5) is 0 Å². The van der Waals surface area contributed by atoms with Crippen LogP contribution in [0, 0.1) is 0 Å². The summed E-state index contributed by atoms with van der Waals surface area (Å²) in [5, 5.41) is 2.84. The molecule has 1 amide bonds. The minimum atomic E-state index is -0.560. The van der Waals surface area contributed by atoms with Gasteiger partial charge < -0.3 is 19.5 Å². The molecule has 0 heterocycles. The van der Waals surface area contributed by atoms with Gasteiger partial charge in [-0.1, -0.05) is 0 Å². The first-order valence-corrected chi connectivity index (χ1v) is 6.91. The number of methoxy groups -OCH3 is 3. The second-order valence-electron chi connectivity index (χ2n) is 4.62. The van der Waals surface area contributed by atoms with E-state index >= 15 is 0 Å². The van der Waals surface area contributed by atoms with E-state index in [-0.39, 0.29) is 5.91 Å². The third-order valence-corrected chi connectivity index (χ3v) is 3.68. The van der Waals surface area contributed by atoms with Crippen LogP contribution >= 0.6 is 15.9 Å². The zero-order valence-electron chi connectivity index (χ0n) is 12.2. The normalized spacial score (nSPS) is 13.7. The zero-order chi connectivity index (χ0) is 15.2. The van der Waals surface area contributed by atoms with Gasteiger partial charge in [-0.15, -0.1) is 0 Å². The number of benzene rings is 1. The van der Waals surface area contributed by atoms with Crippen LogP contribution in [0.15, 0.2) is 22.7 Å². The highest BCUT2D eigenvalue weighted by Crippen LogP contribution is 2.22. The van der Waals surface area contributed by atoms with E-state index in [0.717, 1.165) is 0 Å². The predicted molar refractivity (Wildman–Crippen MR) is 80.3 cm³/mol. The molecular formula is C14H20BrNO4. The molecule has 1 aromatic rings. The lowest BCUT2D eigenvalue weighted by Gasteiger charge is -2.27. The highest BCUT2D eigenvalue weighted by Gasteiger charge is 2.25. The van der Waals surface area contributed by atoms with Crippen molar-refractivity contribution in [2.24, 2.45) is 0 Å². The molecule has 0 aliphatic carbocycles. The lowest BCUT2D eigenvalue weighted by Crippen LogP contribution is -2.45. The van der Waals surface area contributed by atoms with Crippen molar-refractivity contribution in [3.63, 3.8) is 0 Å². The molecule has 20 heavy (non-hydrogen) atoms. The summed E-state index contributed by atoms with van der Waals surface area (Å²) < 4.78 is 16.3. The number of nitrogens with one attached hydrogen (secondary N) is 1. The number of ether oxygens (including phenoxy) is 3. The van der Waals surface area contributed by atoms with Gasteiger partial charge in [-0.2, -0.15) is 0 Å². The van der Waals surface area contributed by atoms with Gasteiger partial charge in [0, 0.05) is 25.2 Å². The quantitative estimate of drug-likeness (QED) is 0.823. The molecular weight excluding hydrogens is 326 g/mol. The summed E-state index contributed by atoms with van der Waals surface area (Å²) in [5.41, 5.74) is -0.0457. The van der Waals surface area contributed by atoms with E-state index in [0.29, 0.717) is 28.9 Å². The second kappa shape index (κ2) is 7.61. The van der Waals surface area contributed by atoms with E-state index in [4.69, 9.17) is 14.2 Å². The zero-order valence-corrected chi connectivity index (χ0v) is 13.7. The highest BCUT2D eigenvalue weighted by molar-refractivity contribution is 9.10. The van der Waals surface area contributed by atoms with Crippen LogP contribution < -0.4 is 10.1 Å². The molecule has 5 nitrogen and oxygen atoms in total. The molecule has 0 bridgehead atoms. The molecule has 0 saturated heterocycles. The van der Waals surface area contributed by atoms with Gasteiger partial charge in [0.1, 0.15) is 11.4 Å². The Kier molecular flexibility index (Phi) is 6.45. The van der Waals surface area contributed by atoms with Gasteiger partial charge in [-0.25, -0.2) is 0 Å². The van der Waals surface area contributed by atoms with Gasteiger partial charge in [0.25, 0.3) is 5.91 Å². The minimum Gasteiger partial charge on any atom is -0.497 e. The molecule has 112 valence electrons. The van der Waals surface area contributed by atoms with Gasteiger partial charge in [0.2, 0.25) is 0 Å². The first-order valence-electron chi connectivity index (χ1n) is 6.11. The van der Waals surface area contributed by atoms with Crippen molar-refractivity contribution in [1.82, 2.24) is 5.32 Å². The van der Waals surface area contributed by atoms with E-state index < -0.39 is 5.60 Å². The van der Waals surface area contributed by atoms with Crippen molar-refractivity contribution in [3.8, 4) is 5.75 Å². The van der Waals surface area contributed by atoms with Crippen LogP contribution in [0.25, 0.3) is 0 Å². The lowest BCUT2D eigenvalue weighted by atomic mass is 10.1. The first kappa shape index (κ1) is 16.9. The summed E-state index contributed by atoms with van der Waals surface area (Å²) in [6.45, 7) is 2.61. The van der Waals surface area contributed by atoms with Crippen molar-refractivity contribution >= 4 is 21.8 Å². The molecule has 1 atom stereocenters. The number of carbonyl (C=O) groups is 1. The van der Waals surface area contributed by atoms with Crippen LogP contribution in [0.1, 0.15) is 17.3 Å². The molecule has 0 aliphatic heterocycles. The molecule has 6 heteroatoms. The van der Waals surface area contributed by atoms with Gasteiger partial charge >= 0.3 is 0 Å². The third-order valence-electron chi connectivity index (χ3n) is 2.98. The summed E-state index contributed by atoms with van der Waals surface area (Å²) in [7, 11) is 4.75. The smallest absolute Gasteiger partial charge is 0.252 e. The fraction of sp³-hybridized carbons (Fsp3) is 0.500. The largest absolute Gasteiger partial charge is 0.497 e. The molecule has 0 spiro atoms. The SMILES string of the molecule is COCC(C)(CNC(=O)c1cc(OC)ccc1Br)OC. The average molecular weight is 346 g/mol. The van der Waals surface area contributed by atoms with E-state index in [1.54, 1.807) is 39.5 Å². The Morgan fingerprint density at radius 2 is 2.05 bits per heavy atom. The van der Waals surface area contributed by atoms with Gasteiger partial charge in [-0.3, -0.25) is 4.79 Å². The van der Waals surface area contributed by atoms with Crippen molar-refractivity contribution < 1.29 is 19.0 Å². The Labute approximate surface area is 127 Å². The summed E-state index contributed by atoms with van der Waals surface area (Å²) in [4.78, 5) is 12.2. The van der Waals surface area contributed by atoms with Gasteiger partial charge in [0.15, 0.2) is 0 Å². The maximum Gasteiger partial charge on any atom is 0.252 e. The Morgan fingerprint density at radius 1 is 1.35 bits per heavy atom. The summed E-state index contributed by atoms with van der Waals surface area (Å²) in [6.07, 6.45) is 0. The van der Waals surface area contributed by atoms with Crippen LogP contribution in [0.5, 0.6) is 5.75 Å². The number of hydrogen-bond acceptors (Lipinski definition) is 4. The number of halogens is 1. The fourth-order valence-corrected chi connectivity index (χ4v) is 2.08. The predicted octanol–water partition coefficient (Wildman–Crippen LogP) is 2.24. The maximum absolute atomic E-state index is 12.2. The Hall–Kier alpha value is -1.11. The summed E-state index contributed by atoms with van der Waals surface area (Å²) >= 11 is 3.36. The summed E-state index contributed by atoms with van der Waals surface area (Å²) in [6, 6.07) is 5.24. The number of rotatable bonds is 7. The Bertz CT molecular complexity index is 466. The molecule has 0 fully saturated rings. The monoisotopic (exact) mass is 345 g/mol. The lowest BCUT2D eigenvalue weighted by molar-refractivity contribution is -0.0479. The summed E-state index contributed by atoms with van der Waals surface area (Å²) in [5.74, 6) is 0.430. The maximum atomic E-state index is 12.2. The van der Waals surface area contributed by atoms with Gasteiger partial charge in [-0.05, 0) is 41.1 Å². The standard InChI is InChI=1S/C14H20BrNO4/c1-14(20-4,9-18-2)8-16-13(17)11-7-10(19-3)5-6-12(11)15/h5-7H,8-9H2,1-4H3,(H,16,17). The van der Waals surface area contributed by atoms with E-state index in [2.05, 4.69) is 21.2 Å². The fourth-order valence-electron chi connectivity index (χ4n) is 1.66. The van der Waals surface area contributed by atoms with E-state index in [1.165, 1.54) is 0 Å². The molecule has 1 N–H and O–H groups in total. The minimum absolute atomic E-state index is 0.199. The molecule has 1 aromatic carbocycles. The first-order chi connectivity index (χ1) is 9.45. The van der Waals surface area contributed by atoms with Crippen molar-refractivity contribution in [2.75, 3.05) is 34.5 Å². The van der Waals surface area contributed by atoms with Crippen LogP contribution in [0.3, 0.4) is 0 Å². The topological polar surface area (TPSA) is 56.8 Å². The average Bonchev–Trinajstić information content (AvgIpc) is 2.45. The van der Waals surface area contributed by atoms with E-state index in [9.17, 15) is 4.79 Å². The van der Waals surface area contributed by atoms with Crippen molar-refractivity contribution in [1.29, 1.82) is 0 Å². The van der Waals surface area contributed by atoms with Crippen LogP contribution in [-0.2, 0) is 9.47 Å². The molecule has 0 aliphatic rings. The number of amides is 1. The van der Waals surface area contributed by atoms with E-state index in [1.807, 2.05) is 6.92 Å².